The van der Waals surface area contributed by atoms with E-state index in [1.165, 1.54) is 18.2 Å². The molecule has 0 heterocycles. The van der Waals surface area contributed by atoms with Crippen LogP contribution in [-0.2, 0) is 6.42 Å². The van der Waals surface area contributed by atoms with Crippen molar-refractivity contribution >= 4 is 15.9 Å². The molecule has 0 aliphatic rings. The predicted octanol–water partition coefficient (Wildman–Crippen LogP) is 4.31. The van der Waals surface area contributed by atoms with E-state index in [0.717, 1.165) is 10.0 Å². The first-order valence-electron chi connectivity index (χ1n) is 5.86. The minimum absolute atomic E-state index is 0.0893. The monoisotopic (exact) mass is 326 g/mol. The fourth-order valence-corrected chi connectivity index (χ4v) is 2.25. The first kappa shape index (κ1) is 14.2. The van der Waals surface area contributed by atoms with E-state index < -0.39 is 17.7 Å². The van der Waals surface area contributed by atoms with Gasteiger partial charge >= 0.3 is 0 Å². The Kier molecular flexibility index (Phi) is 4.32. The zero-order valence-corrected chi connectivity index (χ0v) is 11.9. The molecule has 0 aromatic heterocycles. The van der Waals surface area contributed by atoms with Crippen molar-refractivity contribution in [3.63, 3.8) is 0 Å². The topological polar surface area (TPSA) is 20.2 Å². The molecule has 2 aromatic carbocycles. The lowest BCUT2D eigenvalue weighted by molar-refractivity contribution is 0.175. The van der Waals surface area contributed by atoms with Crippen LogP contribution in [0.25, 0.3) is 0 Å². The number of aliphatic hydroxyl groups excluding tert-OH is 1. The molecule has 0 saturated heterocycles. The molecule has 1 atom stereocenters. The minimum Gasteiger partial charge on any atom is -0.388 e. The largest absolute Gasteiger partial charge is 0.388 e. The van der Waals surface area contributed by atoms with Crippen LogP contribution in [0.5, 0.6) is 0 Å². The van der Waals surface area contributed by atoms with E-state index in [2.05, 4.69) is 15.9 Å². The quantitative estimate of drug-likeness (QED) is 0.891. The van der Waals surface area contributed by atoms with Crippen LogP contribution in [0, 0.1) is 18.6 Å². The SMILES string of the molecule is Cc1ccc(C(O)Cc2c(F)cccc2F)cc1Br. The molecule has 1 N–H and O–H groups in total. The highest BCUT2D eigenvalue weighted by molar-refractivity contribution is 9.10. The first-order valence-corrected chi connectivity index (χ1v) is 6.65. The van der Waals surface area contributed by atoms with E-state index in [0.29, 0.717) is 5.56 Å². The van der Waals surface area contributed by atoms with Gasteiger partial charge in [0.05, 0.1) is 6.10 Å². The Morgan fingerprint density at radius 3 is 2.37 bits per heavy atom. The summed E-state index contributed by atoms with van der Waals surface area (Å²) in [6.45, 7) is 1.93. The highest BCUT2D eigenvalue weighted by atomic mass is 79.9. The predicted molar refractivity (Wildman–Crippen MR) is 73.9 cm³/mol. The zero-order chi connectivity index (χ0) is 14.0. The Bertz CT molecular complexity index is 578. The highest BCUT2D eigenvalue weighted by Crippen LogP contribution is 2.25. The van der Waals surface area contributed by atoms with Gasteiger partial charge in [0.2, 0.25) is 0 Å². The Morgan fingerprint density at radius 2 is 1.79 bits per heavy atom. The maximum absolute atomic E-state index is 13.5. The molecule has 0 aliphatic carbocycles. The molecule has 2 aromatic rings. The third kappa shape index (κ3) is 3.19. The van der Waals surface area contributed by atoms with E-state index >= 15 is 0 Å². The lowest BCUT2D eigenvalue weighted by atomic mass is 10.00. The van der Waals surface area contributed by atoms with Gasteiger partial charge in [-0.05, 0) is 36.2 Å². The maximum Gasteiger partial charge on any atom is 0.129 e. The van der Waals surface area contributed by atoms with Crippen molar-refractivity contribution in [3.8, 4) is 0 Å². The van der Waals surface area contributed by atoms with Crippen LogP contribution in [0.15, 0.2) is 40.9 Å². The second-order valence-corrected chi connectivity index (χ2v) is 5.28. The van der Waals surface area contributed by atoms with Gasteiger partial charge in [0.25, 0.3) is 0 Å². The molecular formula is C15H13BrF2O. The van der Waals surface area contributed by atoms with Gasteiger partial charge in [-0.15, -0.1) is 0 Å². The van der Waals surface area contributed by atoms with Crippen LogP contribution in [0.1, 0.15) is 22.8 Å². The van der Waals surface area contributed by atoms with Crippen molar-refractivity contribution in [2.75, 3.05) is 0 Å². The summed E-state index contributed by atoms with van der Waals surface area (Å²) < 4.78 is 27.9. The van der Waals surface area contributed by atoms with Crippen molar-refractivity contribution < 1.29 is 13.9 Å². The smallest absolute Gasteiger partial charge is 0.129 e. The van der Waals surface area contributed by atoms with Gasteiger partial charge < -0.3 is 5.11 Å². The molecule has 1 nitrogen and oxygen atoms in total. The normalized spacial score (nSPS) is 12.5. The molecule has 0 fully saturated rings. The third-order valence-electron chi connectivity index (χ3n) is 3.04. The maximum atomic E-state index is 13.5. The van der Waals surface area contributed by atoms with Crippen molar-refractivity contribution in [2.45, 2.75) is 19.4 Å². The third-order valence-corrected chi connectivity index (χ3v) is 3.89. The second kappa shape index (κ2) is 5.80. The molecule has 0 bridgehead atoms. The summed E-state index contributed by atoms with van der Waals surface area (Å²) in [5.41, 5.74) is 1.57. The molecule has 19 heavy (non-hydrogen) atoms. The fraction of sp³-hybridized carbons (Fsp3) is 0.200. The van der Waals surface area contributed by atoms with Crippen LogP contribution in [0.2, 0.25) is 0 Å². The van der Waals surface area contributed by atoms with Crippen LogP contribution >= 0.6 is 15.9 Å². The van der Waals surface area contributed by atoms with Crippen LogP contribution in [-0.4, -0.2) is 5.11 Å². The molecule has 0 saturated carbocycles. The average molecular weight is 327 g/mol. The Hall–Kier alpha value is -1.26. The standard InChI is InChI=1S/C15H13BrF2O/c1-9-5-6-10(7-12(9)16)15(19)8-11-13(17)3-2-4-14(11)18/h2-7,15,19H,8H2,1H3. The second-order valence-electron chi connectivity index (χ2n) is 4.43. The summed E-state index contributed by atoms with van der Waals surface area (Å²) in [4.78, 5) is 0. The van der Waals surface area contributed by atoms with Gasteiger partial charge in [-0.1, -0.05) is 34.1 Å². The number of benzene rings is 2. The average Bonchev–Trinajstić information content (AvgIpc) is 2.37. The summed E-state index contributed by atoms with van der Waals surface area (Å²) in [6, 6.07) is 9.05. The van der Waals surface area contributed by atoms with E-state index in [-0.39, 0.29) is 12.0 Å². The van der Waals surface area contributed by atoms with Crippen molar-refractivity contribution in [1.29, 1.82) is 0 Å². The van der Waals surface area contributed by atoms with E-state index in [1.54, 1.807) is 12.1 Å². The summed E-state index contributed by atoms with van der Waals surface area (Å²) in [7, 11) is 0. The number of aryl methyl sites for hydroxylation is 1. The Balaban J connectivity index is 2.25. The first-order chi connectivity index (χ1) is 8.99. The molecule has 100 valence electrons. The van der Waals surface area contributed by atoms with Crippen molar-refractivity contribution in [2.24, 2.45) is 0 Å². The molecule has 0 spiro atoms. The van der Waals surface area contributed by atoms with Crippen molar-refractivity contribution in [3.05, 3.63) is 69.2 Å². The van der Waals surface area contributed by atoms with E-state index in [9.17, 15) is 13.9 Å². The Labute approximate surface area is 119 Å². The number of halogens is 3. The van der Waals surface area contributed by atoms with Gasteiger partial charge in [-0.25, -0.2) is 8.78 Å². The molecule has 0 radical (unpaired) electrons. The molecule has 1 unspecified atom stereocenters. The molecule has 0 amide bonds. The highest BCUT2D eigenvalue weighted by Gasteiger charge is 2.15. The number of hydrogen-bond acceptors (Lipinski definition) is 1. The lowest BCUT2D eigenvalue weighted by Crippen LogP contribution is -2.06. The van der Waals surface area contributed by atoms with Crippen LogP contribution in [0.3, 0.4) is 0 Å². The van der Waals surface area contributed by atoms with Crippen LogP contribution in [0.4, 0.5) is 8.78 Å². The number of aliphatic hydroxyl groups is 1. The van der Waals surface area contributed by atoms with Crippen LogP contribution < -0.4 is 0 Å². The molecule has 2 rings (SSSR count). The molecular weight excluding hydrogens is 314 g/mol. The number of hydrogen-bond donors (Lipinski definition) is 1. The van der Waals surface area contributed by atoms with E-state index in [1.807, 2.05) is 13.0 Å². The lowest BCUT2D eigenvalue weighted by Gasteiger charge is -2.13. The molecule has 4 heteroatoms. The summed E-state index contributed by atoms with van der Waals surface area (Å²) in [6.07, 6.45) is -1.03. The Morgan fingerprint density at radius 1 is 1.16 bits per heavy atom. The van der Waals surface area contributed by atoms with Gasteiger partial charge in [-0.3, -0.25) is 0 Å². The van der Waals surface area contributed by atoms with Gasteiger partial charge in [-0.2, -0.15) is 0 Å². The fourth-order valence-electron chi connectivity index (χ4n) is 1.85. The number of rotatable bonds is 3. The van der Waals surface area contributed by atoms with Gasteiger partial charge in [0.15, 0.2) is 0 Å². The van der Waals surface area contributed by atoms with E-state index in [4.69, 9.17) is 0 Å². The van der Waals surface area contributed by atoms with Crippen molar-refractivity contribution in [1.82, 2.24) is 0 Å². The molecule has 0 aliphatic heterocycles. The zero-order valence-electron chi connectivity index (χ0n) is 10.3. The summed E-state index contributed by atoms with van der Waals surface area (Å²) in [5, 5.41) is 10.1. The summed E-state index contributed by atoms with van der Waals surface area (Å²) >= 11 is 3.37. The van der Waals surface area contributed by atoms with Gasteiger partial charge in [0, 0.05) is 16.5 Å². The minimum atomic E-state index is -0.941. The van der Waals surface area contributed by atoms with Gasteiger partial charge in [0.1, 0.15) is 11.6 Å². The summed E-state index contributed by atoms with van der Waals surface area (Å²) in [5.74, 6) is -1.27.